The molecular formula is C12H23NO7. The van der Waals surface area contributed by atoms with Gasteiger partial charge in [-0.1, -0.05) is 12.2 Å². The van der Waals surface area contributed by atoms with Crippen molar-refractivity contribution in [3.63, 3.8) is 0 Å². The fourth-order valence-electron chi connectivity index (χ4n) is 1.85. The normalized spacial score (nSPS) is 38.0. The summed E-state index contributed by atoms with van der Waals surface area (Å²) in [4.78, 5) is 0. The quantitative estimate of drug-likeness (QED) is 0.285. The van der Waals surface area contributed by atoms with Gasteiger partial charge in [-0.2, -0.15) is 0 Å². The van der Waals surface area contributed by atoms with Crippen molar-refractivity contribution in [3.8, 4) is 0 Å². The number of rotatable bonds is 6. The van der Waals surface area contributed by atoms with E-state index in [0.29, 0.717) is 0 Å². The van der Waals surface area contributed by atoms with Gasteiger partial charge in [0, 0.05) is 0 Å². The standard InChI is InChI=1S/C12H23NO7/c1-2-3-7(15)6(13)5-19-12-11(18)10(17)9(16)8(4-14)20-12/h2-3,6-12,14-18H,4-5,13H2,1H3/b3-2-/t6-,7+,8?,9+,10?,11?,12+/m0/s1. The maximum absolute atomic E-state index is 9.72. The van der Waals surface area contributed by atoms with Crippen LogP contribution in [0.5, 0.6) is 0 Å². The maximum Gasteiger partial charge on any atom is 0.186 e. The van der Waals surface area contributed by atoms with Crippen LogP contribution in [0.15, 0.2) is 12.2 Å². The van der Waals surface area contributed by atoms with Crippen LogP contribution in [0.4, 0.5) is 0 Å². The molecule has 0 radical (unpaired) electrons. The molecule has 1 aliphatic heterocycles. The van der Waals surface area contributed by atoms with Crippen LogP contribution < -0.4 is 5.73 Å². The highest BCUT2D eigenvalue weighted by molar-refractivity contribution is 4.92. The molecule has 8 heteroatoms. The van der Waals surface area contributed by atoms with Crippen LogP contribution in [0.2, 0.25) is 0 Å². The van der Waals surface area contributed by atoms with E-state index in [4.69, 9.17) is 20.3 Å². The van der Waals surface area contributed by atoms with Gasteiger partial charge >= 0.3 is 0 Å². The van der Waals surface area contributed by atoms with Crippen LogP contribution in [0.25, 0.3) is 0 Å². The lowest BCUT2D eigenvalue weighted by molar-refractivity contribution is -0.302. The van der Waals surface area contributed by atoms with Crippen LogP contribution in [0, 0.1) is 0 Å². The van der Waals surface area contributed by atoms with Gasteiger partial charge in [-0.15, -0.1) is 0 Å². The summed E-state index contributed by atoms with van der Waals surface area (Å²) in [5.41, 5.74) is 5.67. The van der Waals surface area contributed by atoms with Crippen molar-refractivity contribution in [2.24, 2.45) is 5.73 Å². The fraction of sp³-hybridized carbons (Fsp3) is 0.833. The van der Waals surface area contributed by atoms with Gasteiger partial charge in [-0.05, 0) is 6.92 Å². The van der Waals surface area contributed by atoms with Crippen molar-refractivity contribution >= 4 is 0 Å². The van der Waals surface area contributed by atoms with Gasteiger partial charge in [-0.25, -0.2) is 0 Å². The Balaban J connectivity index is 2.54. The molecule has 1 aliphatic rings. The Morgan fingerprint density at radius 3 is 2.45 bits per heavy atom. The van der Waals surface area contributed by atoms with E-state index in [0.717, 1.165) is 0 Å². The summed E-state index contributed by atoms with van der Waals surface area (Å²) in [5, 5.41) is 47.5. The average Bonchev–Trinajstić information content (AvgIpc) is 2.44. The Bertz CT molecular complexity index is 312. The topological polar surface area (TPSA) is 146 Å². The molecule has 8 nitrogen and oxygen atoms in total. The summed E-state index contributed by atoms with van der Waals surface area (Å²) in [6.45, 7) is 1.07. The van der Waals surface area contributed by atoms with Gasteiger partial charge in [0.05, 0.1) is 25.4 Å². The van der Waals surface area contributed by atoms with E-state index in [1.807, 2.05) is 0 Å². The number of allylic oxidation sites excluding steroid dienone is 1. The molecule has 118 valence electrons. The molecule has 0 aromatic rings. The predicted octanol–water partition coefficient (Wildman–Crippen LogP) is -2.93. The van der Waals surface area contributed by atoms with Gasteiger partial charge in [-0.3, -0.25) is 0 Å². The molecule has 0 aromatic heterocycles. The minimum absolute atomic E-state index is 0.131. The highest BCUT2D eigenvalue weighted by Crippen LogP contribution is 2.22. The zero-order chi connectivity index (χ0) is 15.3. The molecule has 3 unspecified atom stereocenters. The smallest absolute Gasteiger partial charge is 0.186 e. The second-order valence-electron chi connectivity index (χ2n) is 4.71. The third-order valence-electron chi connectivity index (χ3n) is 3.13. The number of hydrogen-bond acceptors (Lipinski definition) is 8. The van der Waals surface area contributed by atoms with E-state index < -0.39 is 49.5 Å². The number of aliphatic hydroxyl groups is 5. The second kappa shape index (κ2) is 8.01. The lowest BCUT2D eigenvalue weighted by atomic mass is 9.99. The fourth-order valence-corrected chi connectivity index (χ4v) is 1.85. The van der Waals surface area contributed by atoms with Crippen molar-refractivity contribution in [1.29, 1.82) is 0 Å². The van der Waals surface area contributed by atoms with Crippen molar-refractivity contribution in [3.05, 3.63) is 12.2 Å². The van der Waals surface area contributed by atoms with E-state index in [2.05, 4.69) is 0 Å². The van der Waals surface area contributed by atoms with Crippen molar-refractivity contribution in [1.82, 2.24) is 0 Å². The summed E-state index contributed by atoms with van der Waals surface area (Å²) in [6.07, 6.45) is -4.47. The minimum atomic E-state index is -1.50. The largest absolute Gasteiger partial charge is 0.394 e. The molecule has 20 heavy (non-hydrogen) atoms. The molecule has 7 atom stereocenters. The third-order valence-corrected chi connectivity index (χ3v) is 3.13. The van der Waals surface area contributed by atoms with Crippen molar-refractivity contribution < 1.29 is 35.0 Å². The maximum atomic E-state index is 9.72. The zero-order valence-corrected chi connectivity index (χ0v) is 11.2. The van der Waals surface area contributed by atoms with E-state index in [9.17, 15) is 20.4 Å². The Morgan fingerprint density at radius 1 is 1.25 bits per heavy atom. The van der Waals surface area contributed by atoms with E-state index in [1.54, 1.807) is 13.0 Å². The lowest BCUT2D eigenvalue weighted by Gasteiger charge is -2.39. The van der Waals surface area contributed by atoms with Crippen LogP contribution in [-0.4, -0.2) is 81.6 Å². The summed E-state index contributed by atoms with van der Waals surface area (Å²) >= 11 is 0. The van der Waals surface area contributed by atoms with Crippen LogP contribution in [0.3, 0.4) is 0 Å². The summed E-state index contributed by atoms with van der Waals surface area (Å²) in [5.74, 6) is 0. The van der Waals surface area contributed by atoms with Crippen LogP contribution in [-0.2, 0) is 9.47 Å². The second-order valence-corrected chi connectivity index (χ2v) is 4.71. The third kappa shape index (κ3) is 4.21. The first-order chi connectivity index (χ1) is 9.42. The first-order valence-corrected chi connectivity index (χ1v) is 6.41. The van der Waals surface area contributed by atoms with Gasteiger partial charge in [0.15, 0.2) is 6.29 Å². The lowest BCUT2D eigenvalue weighted by Crippen LogP contribution is -2.59. The molecule has 1 saturated heterocycles. The number of ether oxygens (including phenoxy) is 2. The predicted molar refractivity (Wildman–Crippen MR) is 68.5 cm³/mol. The molecule has 0 spiro atoms. The Morgan fingerprint density at radius 2 is 1.90 bits per heavy atom. The van der Waals surface area contributed by atoms with Crippen molar-refractivity contribution in [2.45, 2.75) is 49.8 Å². The van der Waals surface area contributed by atoms with E-state index in [-0.39, 0.29) is 6.61 Å². The van der Waals surface area contributed by atoms with Crippen molar-refractivity contribution in [2.75, 3.05) is 13.2 Å². The molecule has 1 heterocycles. The number of aliphatic hydroxyl groups excluding tert-OH is 5. The molecule has 0 saturated carbocycles. The molecule has 0 amide bonds. The first-order valence-electron chi connectivity index (χ1n) is 6.41. The molecule has 0 aromatic carbocycles. The Kier molecular flexibility index (Phi) is 7.00. The van der Waals surface area contributed by atoms with Crippen LogP contribution >= 0.6 is 0 Å². The molecule has 0 bridgehead atoms. The Hall–Kier alpha value is -0.580. The summed E-state index contributed by atoms with van der Waals surface area (Å²) < 4.78 is 10.3. The zero-order valence-electron chi connectivity index (χ0n) is 11.2. The highest BCUT2D eigenvalue weighted by atomic mass is 16.7. The number of hydrogen-bond donors (Lipinski definition) is 6. The molecule has 7 N–H and O–H groups in total. The SMILES string of the molecule is C/C=C\[C@@H](O)[C@@H](N)CO[C@@H]1OC(CO)[C@@H](O)C(O)C1O. The average molecular weight is 293 g/mol. The first kappa shape index (κ1) is 17.5. The highest BCUT2D eigenvalue weighted by Gasteiger charge is 2.44. The molecular weight excluding hydrogens is 270 g/mol. The summed E-state index contributed by atoms with van der Waals surface area (Å²) in [6, 6.07) is -0.737. The van der Waals surface area contributed by atoms with Gasteiger partial charge in [0.1, 0.15) is 24.4 Å². The summed E-state index contributed by atoms with van der Waals surface area (Å²) in [7, 11) is 0. The van der Waals surface area contributed by atoms with Gasteiger partial charge < -0.3 is 40.7 Å². The van der Waals surface area contributed by atoms with E-state index >= 15 is 0 Å². The Labute approximate surface area is 117 Å². The van der Waals surface area contributed by atoms with E-state index in [1.165, 1.54) is 6.08 Å². The minimum Gasteiger partial charge on any atom is -0.394 e. The van der Waals surface area contributed by atoms with Gasteiger partial charge in [0.25, 0.3) is 0 Å². The monoisotopic (exact) mass is 293 g/mol. The van der Waals surface area contributed by atoms with Crippen LogP contribution in [0.1, 0.15) is 6.92 Å². The number of nitrogens with two attached hydrogens (primary N) is 1. The molecule has 1 rings (SSSR count). The molecule has 1 fully saturated rings. The molecule has 0 aliphatic carbocycles. The van der Waals surface area contributed by atoms with Gasteiger partial charge in [0.2, 0.25) is 0 Å².